The quantitative estimate of drug-likeness (QED) is 0.599. The number of rotatable bonds is 7. The summed E-state index contributed by atoms with van der Waals surface area (Å²) in [5, 5.41) is 2.15. The van der Waals surface area contributed by atoms with Gasteiger partial charge in [-0.15, -0.1) is 0 Å². The molecule has 0 saturated carbocycles. The molecule has 0 saturated heterocycles. The number of hydrogen-bond donors (Lipinski definition) is 1. The number of nitrogens with one attached hydrogen (secondary N) is 1. The van der Waals surface area contributed by atoms with Gasteiger partial charge in [0.05, 0.1) is 8.48 Å². The van der Waals surface area contributed by atoms with Crippen molar-refractivity contribution in [2.75, 3.05) is 7.11 Å². The highest BCUT2D eigenvalue weighted by atomic mass is 16.6. The first-order valence-corrected chi connectivity index (χ1v) is 7.85. The highest BCUT2D eigenvalue weighted by molar-refractivity contribution is 5.82. The topological polar surface area (TPSA) is 90.9 Å². The van der Waals surface area contributed by atoms with E-state index in [1.807, 2.05) is 18.2 Å². The Bertz CT molecular complexity index is 628. The maximum absolute atomic E-state index is 11.9. The number of ether oxygens (including phenoxy) is 3. The summed E-state index contributed by atoms with van der Waals surface area (Å²) in [5.74, 6) is -1.60. The molecule has 0 heterocycles. The monoisotopic (exact) mass is 352 g/mol. The summed E-state index contributed by atoms with van der Waals surface area (Å²) in [7, 11) is 1.09. The first kappa shape index (κ1) is 18.8. The third kappa shape index (κ3) is 8.74. The highest BCUT2D eigenvalue weighted by Crippen LogP contribution is 2.09. The Morgan fingerprint density at radius 2 is 1.84 bits per heavy atom. The first-order valence-electron chi connectivity index (χ1n) is 8.35. The average molecular weight is 352 g/mol. The number of methoxy groups -OCH3 is 1. The average Bonchev–Trinajstić information content (AvgIpc) is 2.56. The molecule has 0 aliphatic carbocycles. The minimum atomic E-state index is -2.15. The fourth-order valence-corrected chi connectivity index (χ4v) is 1.80. The van der Waals surface area contributed by atoms with Crippen LogP contribution >= 0.6 is 0 Å². The number of carbonyl (C=O) groups is 3. The zero-order valence-electron chi connectivity index (χ0n) is 16.0. The lowest BCUT2D eigenvalue weighted by Crippen LogP contribution is -2.44. The number of alkyl carbamates (subject to hydrolysis) is 1. The van der Waals surface area contributed by atoms with Gasteiger partial charge in [-0.25, -0.2) is 9.59 Å². The molecule has 1 N–H and O–H groups in total. The molecular weight excluding hydrogens is 326 g/mol. The van der Waals surface area contributed by atoms with Crippen LogP contribution < -0.4 is 5.32 Å². The van der Waals surface area contributed by atoms with E-state index in [0.29, 0.717) is 0 Å². The van der Waals surface area contributed by atoms with E-state index in [2.05, 4.69) is 10.1 Å². The van der Waals surface area contributed by atoms with E-state index in [4.69, 9.17) is 10.8 Å². The Morgan fingerprint density at radius 3 is 2.40 bits per heavy atom. The summed E-state index contributed by atoms with van der Waals surface area (Å²) in [6.45, 7) is 5.04. The van der Waals surface area contributed by atoms with E-state index < -0.39 is 29.7 Å². The molecule has 7 nitrogen and oxygen atoms in total. The SMILES string of the molecule is [2H]C(CCC(=O)OCc1ccccc1)(NC(=O)OC(C)(C)C)C(=O)OC. The van der Waals surface area contributed by atoms with Crippen molar-refractivity contribution in [1.29, 1.82) is 0 Å². The normalized spacial score (nSPS) is 13.8. The lowest BCUT2D eigenvalue weighted by atomic mass is 10.1. The van der Waals surface area contributed by atoms with Gasteiger partial charge in [-0.1, -0.05) is 30.3 Å². The molecule has 0 aromatic heterocycles. The van der Waals surface area contributed by atoms with E-state index in [1.165, 1.54) is 0 Å². The molecule has 0 spiro atoms. The summed E-state index contributed by atoms with van der Waals surface area (Å²) < 4.78 is 22.9. The van der Waals surface area contributed by atoms with Crippen molar-refractivity contribution in [3.05, 3.63) is 35.9 Å². The minimum Gasteiger partial charge on any atom is -0.467 e. The van der Waals surface area contributed by atoms with Crippen LogP contribution in [0.1, 0.15) is 40.5 Å². The Hall–Kier alpha value is -2.57. The van der Waals surface area contributed by atoms with Crippen molar-refractivity contribution in [2.45, 2.75) is 51.8 Å². The third-order valence-corrected chi connectivity index (χ3v) is 2.91. The lowest BCUT2D eigenvalue weighted by molar-refractivity contribution is -0.146. The molecule has 0 fully saturated rings. The van der Waals surface area contributed by atoms with E-state index in [-0.39, 0.29) is 19.4 Å². The highest BCUT2D eigenvalue weighted by Gasteiger charge is 2.25. The molecule has 25 heavy (non-hydrogen) atoms. The Kier molecular flexibility index (Phi) is 7.25. The van der Waals surface area contributed by atoms with Gasteiger partial charge in [0.15, 0.2) is 0 Å². The second kappa shape index (κ2) is 9.66. The Labute approximate surface area is 149 Å². The molecular formula is C18H25NO6. The summed E-state index contributed by atoms with van der Waals surface area (Å²) >= 11 is 0. The smallest absolute Gasteiger partial charge is 0.408 e. The minimum absolute atomic E-state index is 0.0857. The van der Waals surface area contributed by atoms with Crippen LogP contribution in [0.15, 0.2) is 30.3 Å². The second-order valence-electron chi connectivity index (χ2n) is 6.24. The zero-order chi connectivity index (χ0) is 19.8. The molecule has 1 aromatic carbocycles. The molecule has 1 aromatic rings. The number of amides is 1. The van der Waals surface area contributed by atoms with E-state index >= 15 is 0 Å². The summed E-state index contributed by atoms with van der Waals surface area (Å²) in [5.41, 5.74) is 0.0215. The summed E-state index contributed by atoms with van der Waals surface area (Å²) in [6.07, 6.45) is -1.51. The van der Waals surface area contributed by atoms with Crippen LogP contribution in [0.5, 0.6) is 0 Å². The van der Waals surface area contributed by atoms with Gasteiger partial charge in [-0.05, 0) is 32.8 Å². The maximum Gasteiger partial charge on any atom is 0.408 e. The van der Waals surface area contributed by atoms with E-state index in [1.54, 1.807) is 32.9 Å². The molecule has 7 heteroatoms. The van der Waals surface area contributed by atoms with Crippen LogP contribution in [0.4, 0.5) is 4.79 Å². The molecule has 138 valence electrons. The van der Waals surface area contributed by atoms with Gasteiger partial charge in [0.1, 0.15) is 18.2 Å². The Morgan fingerprint density at radius 1 is 1.20 bits per heavy atom. The van der Waals surface area contributed by atoms with E-state index in [9.17, 15) is 14.4 Å². The zero-order valence-corrected chi connectivity index (χ0v) is 15.0. The van der Waals surface area contributed by atoms with Gasteiger partial charge in [0.25, 0.3) is 0 Å². The van der Waals surface area contributed by atoms with Crippen LogP contribution in [-0.4, -0.2) is 36.8 Å². The van der Waals surface area contributed by atoms with Gasteiger partial charge >= 0.3 is 18.0 Å². The third-order valence-electron chi connectivity index (χ3n) is 2.91. The summed E-state index contributed by atoms with van der Waals surface area (Å²) in [4.78, 5) is 35.7. The van der Waals surface area contributed by atoms with Crippen LogP contribution in [-0.2, 0) is 30.4 Å². The predicted molar refractivity (Wildman–Crippen MR) is 90.6 cm³/mol. The van der Waals surface area contributed by atoms with Crippen molar-refractivity contribution < 1.29 is 30.0 Å². The summed E-state index contributed by atoms with van der Waals surface area (Å²) in [6, 6.07) is 6.95. The molecule has 1 atom stereocenters. The number of hydrogen-bond acceptors (Lipinski definition) is 6. The molecule has 1 amide bonds. The van der Waals surface area contributed by atoms with Gasteiger partial charge in [0, 0.05) is 6.42 Å². The van der Waals surface area contributed by atoms with Crippen molar-refractivity contribution in [1.82, 2.24) is 5.32 Å². The molecule has 0 bridgehead atoms. The predicted octanol–water partition coefficient (Wildman–Crippen LogP) is 2.58. The van der Waals surface area contributed by atoms with Gasteiger partial charge in [-0.2, -0.15) is 0 Å². The standard InChI is InChI=1S/C18H25NO6/c1-18(2,3)25-17(22)19-14(16(21)23-4)10-11-15(20)24-12-13-8-6-5-7-9-13/h5-9,14H,10-12H2,1-4H3,(H,19,22)/i14D. The number of esters is 2. The molecule has 0 aliphatic rings. The van der Waals surface area contributed by atoms with Crippen molar-refractivity contribution in [3.63, 3.8) is 0 Å². The Balaban J connectivity index is 2.61. The van der Waals surface area contributed by atoms with Crippen LogP contribution in [0.25, 0.3) is 0 Å². The van der Waals surface area contributed by atoms with Crippen molar-refractivity contribution >= 4 is 18.0 Å². The largest absolute Gasteiger partial charge is 0.467 e. The first-order chi connectivity index (χ1) is 12.1. The van der Waals surface area contributed by atoms with Crippen LogP contribution in [0.2, 0.25) is 0 Å². The number of carbonyl (C=O) groups excluding carboxylic acids is 3. The van der Waals surface area contributed by atoms with Gasteiger partial charge in [0.2, 0.25) is 0 Å². The van der Waals surface area contributed by atoms with Gasteiger partial charge < -0.3 is 19.5 Å². The second-order valence-corrected chi connectivity index (χ2v) is 6.24. The molecule has 1 rings (SSSR count). The number of benzene rings is 1. The molecule has 0 aliphatic heterocycles. The van der Waals surface area contributed by atoms with Crippen molar-refractivity contribution in [2.24, 2.45) is 0 Å². The van der Waals surface area contributed by atoms with Crippen LogP contribution in [0, 0.1) is 0 Å². The fraction of sp³-hybridized carbons (Fsp3) is 0.500. The molecule has 1 unspecified atom stereocenters. The van der Waals surface area contributed by atoms with E-state index in [0.717, 1.165) is 12.7 Å². The van der Waals surface area contributed by atoms with Crippen LogP contribution in [0.3, 0.4) is 0 Å². The van der Waals surface area contributed by atoms with Crippen molar-refractivity contribution in [3.8, 4) is 0 Å². The fourth-order valence-electron chi connectivity index (χ4n) is 1.80. The molecule has 0 radical (unpaired) electrons. The maximum atomic E-state index is 11.9. The van der Waals surface area contributed by atoms with Gasteiger partial charge in [-0.3, -0.25) is 4.79 Å². The lowest BCUT2D eigenvalue weighted by Gasteiger charge is -2.22.